The Morgan fingerprint density at radius 2 is 0.757 bits per heavy atom. The van der Waals surface area contributed by atoms with Crippen molar-refractivity contribution >= 4 is 47.4 Å². The molecule has 4 aromatic rings. The van der Waals surface area contributed by atoms with E-state index in [1.54, 1.807) is 0 Å². The smallest absolute Gasteiger partial charge is 0.433 e. The number of carbonyl (C=O) groups excluding carboxylic acids is 8. The average molecular weight is 963 g/mol. The van der Waals surface area contributed by atoms with E-state index < -0.39 is 46.6 Å². The summed E-state index contributed by atoms with van der Waals surface area (Å²) in [7, 11) is 0. The maximum atomic E-state index is 14.4. The molecule has 0 aliphatic heterocycles. The van der Waals surface area contributed by atoms with Gasteiger partial charge in [0, 0.05) is 35.1 Å². The number of ketones is 4. The van der Waals surface area contributed by atoms with Crippen LogP contribution in [0.1, 0.15) is 206 Å². The fourth-order valence-corrected chi connectivity index (χ4v) is 6.97. The first-order chi connectivity index (χ1) is 33.2. The maximum Gasteiger partial charge on any atom is 0.513 e. The van der Waals surface area contributed by atoms with Crippen molar-refractivity contribution in [3.8, 4) is 11.5 Å². The lowest BCUT2D eigenvalue weighted by molar-refractivity contribution is -0.187. The van der Waals surface area contributed by atoms with Crippen LogP contribution in [0.15, 0.2) is 84.9 Å². The zero-order valence-electron chi connectivity index (χ0n) is 41.7. The first-order valence-electron chi connectivity index (χ1n) is 24.0. The molecule has 0 aliphatic rings. The number of benzene rings is 4. The van der Waals surface area contributed by atoms with Gasteiger partial charge in [-0.3, -0.25) is 19.2 Å². The van der Waals surface area contributed by atoms with Crippen molar-refractivity contribution in [1.82, 2.24) is 0 Å². The number of hydrogen-bond acceptors (Lipinski definition) is 14. The fraction of sp³-hybridized carbons (Fsp3) is 0.429. The van der Waals surface area contributed by atoms with Gasteiger partial charge in [-0.15, -0.1) is 0 Å². The molecule has 0 aromatic heterocycles. The van der Waals surface area contributed by atoms with Crippen molar-refractivity contribution in [1.29, 1.82) is 0 Å². The molecule has 70 heavy (non-hydrogen) atoms. The molecular formula is C56H66O14. The van der Waals surface area contributed by atoms with Crippen LogP contribution in [0, 0.1) is 10.8 Å². The minimum absolute atomic E-state index is 0.00693. The van der Waals surface area contributed by atoms with E-state index in [2.05, 4.69) is 13.8 Å². The highest BCUT2D eigenvalue weighted by molar-refractivity contribution is 6.18. The molecule has 0 saturated carbocycles. The molecule has 0 saturated heterocycles. The van der Waals surface area contributed by atoms with E-state index in [1.165, 1.54) is 84.9 Å². The van der Waals surface area contributed by atoms with Gasteiger partial charge in [0.25, 0.3) is 0 Å². The summed E-state index contributed by atoms with van der Waals surface area (Å²) in [5, 5.41) is 0. The molecule has 0 fully saturated rings. The summed E-state index contributed by atoms with van der Waals surface area (Å²) in [6.07, 6.45) is 7.41. The first-order valence-corrected chi connectivity index (χ1v) is 24.0. The molecule has 374 valence electrons. The molecule has 0 amide bonds. The van der Waals surface area contributed by atoms with E-state index in [1.807, 2.05) is 41.5 Å². The second kappa shape index (κ2) is 26.7. The number of hydrogen-bond donors (Lipinski definition) is 0. The van der Waals surface area contributed by atoms with Crippen LogP contribution < -0.4 is 9.47 Å². The van der Waals surface area contributed by atoms with Crippen LogP contribution in [0.5, 0.6) is 11.5 Å². The van der Waals surface area contributed by atoms with Gasteiger partial charge in [0.15, 0.2) is 23.1 Å². The third-order valence-corrected chi connectivity index (χ3v) is 10.7. The van der Waals surface area contributed by atoms with E-state index in [4.69, 9.17) is 28.7 Å². The molecular weight excluding hydrogens is 897 g/mol. The number of rotatable bonds is 24. The highest BCUT2D eigenvalue weighted by Crippen LogP contribution is 2.30. The molecule has 0 atom stereocenters. The van der Waals surface area contributed by atoms with Gasteiger partial charge in [-0.2, -0.15) is 0 Å². The molecule has 0 unspecified atom stereocenters. The van der Waals surface area contributed by atoms with Crippen LogP contribution >= 0.6 is 0 Å². The Bertz CT molecular complexity index is 2330. The van der Waals surface area contributed by atoms with Crippen LogP contribution in [0.2, 0.25) is 0 Å². The summed E-state index contributed by atoms with van der Waals surface area (Å²) < 4.78 is 21.5. The van der Waals surface area contributed by atoms with E-state index in [0.29, 0.717) is 12.8 Å². The quantitative estimate of drug-likeness (QED) is 0.0161. The SMILES string of the molecule is CCCCCCCC(=O)c1ccc(OC(=O)OCC(C)(C)C)c(C(=O)c2ccccc2C(=O)OOC(=O)c2ccccc2C(=O)c2cc(C(=O)CCCCCCC)ccc2OC(=O)OCC(C)(C)C)c1. The van der Waals surface area contributed by atoms with Crippen LogP contribution in [-0.2, 0) is 19.2 Å². The number of unbranched alkanes of at least 4 members (excludes halogenated alkanes) is 8. The van der Waals surface area contributed by atoms with Crippen molar-refractivity contribution in [3.63, 3.8) is 0 Å². The van der Waals surface area contributed by atoms with Gasteiger partial charge in [0.1, 0.15) is 11.5 Å². The second-order valence-electron chi connectivity index (χ2n) is 19.5. The molecule has 0 radical (unpaired) electrons. The third-order valence-electron chi connectivity index (χ3n) is 10.7. The van der Waals surface area contributed by atoms with E-state index in [0.717, 1.165) is 51.4 Å². The van der Waals surface area contributed by atoms with Gasteiger partial charge in [-0.05, 0) is 72.2 Å². The van der Waals surface area contributed by atoms with Crippen molar-refractivity contribution in [2.24, 2.45) is 10.8 Å². The molecule has 14 nitrogen and oxygen atoms in total. The standard InChI is InChI=1S/C56H66O14/c1-9-11-13-15-17-27-45(57)37-29-31-47(67-53(63)65-35-55(3,4)5)43(33-37)49(59)39-23-19-21-25-41(39)51(61)69-70-52(62)42-26-22-20-24-40(42)50(60)44-34-38(46(58)28-18-16-14-12-10-2)30-32-48(44)68-54(64)66-36-56(6,7)8/h19-26,29-34H,9-18,27-28,35-36H2,1-8H3. The maximum absolute atomic E-state index is 14.4. The Morgan fingerprint density at radius 1 is 0.414 bits per heavy atom. The highest BCUT2D eigenvalue weighted by Gasteiger charge is 2.29. The Hall–Kier alpha value is -6.96. The van der Waals surface area contributed by atoms with Gasteiger partial charge in [-0.25, -0.2) is 29.0 Å². The molecule has 4 aromatic carbocycles. The number of Topliss-reactive ketones (excluding diaryl/α,β-unsaturated/α-hetero) is 2. The van der Waals surface area contributed by atoms with Crippen LogP contribution in [-0.4, -0.2) is 60.6 Å². The molecule has 0 heterocycles. The summed E-state index contributed by atoms with van der Waals surface area (Å²) in [4.78, 5) is 118. The minimum atomic E-state index is -1.28. The van der Waals surface area contributed by atoms with E-state index in [9.17, 15) is 38.4 Å². The van der Waals surface area contributed by atoms with Crippen LogP contribution in [0.4, 0.5) is 9.59 Å². The molecule has 14 heteroatoms. The van der Waals surface area contributed by atoms with Crippen molar-refractivity contribution < 1.29 is 67.1 Å². The lowest BCUT2D eigenvalue weighted by Gasteiger charge is -2.18. The zero-order valence-corrected chi connectivity index (χ0v) is 41.7. The number of carbonyl (C=O) groups is 8. The summed E-state index contributed by atoms with van der Waals surface area (Å²) >= 11 is 0. The van der Waals surface area contributed by atoms with Gasteiger partial charge < -0.3 is 18.9 Å². The van der Waals surface area contributed by atoms with Gasteiger partial charge in [0.05, 0.1) is 35.5 Å². The summed E-state index contributed by atoms with van der Waals surface area (Å²) in [5.74, 6) is -5.15. The predicted molar refractivity (Wildman–Crippen MR) is 262 cm³/mol. The average Bonchev–Trinajstić information content (AvgIpc) is 3.33. The third kappa shape index (κ3) is 17.5. The topological polar surface area (TPSA) is 192 Å². The van der Waals surface area contributed by atoms with Gasteiger partial charge in [-0.1, -0.05) is 143 Å². The van der Waals surface area contributed by atoms with Crippen molar-refractivity contribution in [3.05, 3.63) is 129 Å². The zero-order chi connectivity index (χ0) is 51.4. The Morgan fingerprint density at radius 3 is 1.10 bits per heavy atom. The van der Waals surface area contributed by atoms with E-state index >= 15 is 0 Å². The summed E-state index contributed by atoms with van der Waals surface area (Å²) in [6, 6.07) is 19.0. The monoisotopic (exact) mass is 962 g/mol. The van der Waals surface area contributed by atoms with E-state index in [-0.39, 0.29) is 93.6 Å². The molecule has 0 bridgehead atoms. The number of ether oxygens (including phenoxy) is 4. The van der Waals surface area contributed by atoms with Crippen LogP contribution in [0.25, 0.3) is 0 Å². The van der Waals surface area contributed by atoms with Crippen molar-refractivity contribution in [2.75, 3.05) is 13.2 Å². The van der Waals surface area contributed by atoms with Gasteiger partial charge >= 0.3 is 24.2 Å². The first kappa shape index (κ1) is 55.6. The normalized spacial score (nSPS) is 11.3. The summed E-state index contributed by atoms with van der Waals surface area (Å²) in [5.41, 5.74) is -2.08. The predicted octanol–water partition coefficient (Wildman–Crippen LogP) is 13.3. The van der Waals surface area contributed by atoms with Crippen LogP contribution in [0.3, 0.4) is 0 Å². The molecule has 4 rings (SSSR count). The van der Waals surface area contributed by atoms with Crippen molar-refractivity contribution in [2.45, 2.75) is 132 Å². The minimum Gasteiger partial charge on any atom is -0.433 e. The Kier molecular flexibility index (Phi) is 21.2. The largest absolute Gasteiger partial charge is 0.513 e. The molecule has 0 N–H and O–H groups in total. The fourth-order valence-electron chi connectivity index (χ4n) is 6.97. The lowest BCUT2D eigenvalue weighted by atomic mass is 9.94. The van der Waals surface area contributed by atoms with Gasteiger partial charge in [0.2, 0.25) is 0 Å². The Balaban J connectivity index is 1.62. The lowest BCUT2D eigenvalue weighted by Crippen LogP contribution is -2.22. The molecule has 0 spiro atoms. The highest BCUT2D eigenvalue weighted by atomic mass is 17.2. The Labute approximate surface area is 410 Å². The summed E-state index contributed by atoms with van der Waals surface area (Å²) in [6.45, 7) is 15.3. The molecule has 0 aliphatic carbocycles. The second-order valence-corrected chi connectivity index (χ2v) is 19.5.